The second-order valence-corrected chi connectivity index (χ2v) is 17.6. The van der Waals surface area contributed by atoms with Gasteiger partial charge in [0, 0.05) is 36.3 Å². The number of hydrogen-bond donors (Lipinski definition) is 2. The number of benzene rings is 2. The fraction of sp³-hybridized carbons (Fsp3) is 0.696. The topological polar surface area (TPSA) is 30.5 Å². The maximum absolute atomic E-state index is 4.38. The fourth-order valence-electron chi connectivity index (χ4n) is 12.8. The second kappa shape index (κ2) is 15.4. The average molecular weight is 677 g/mol. The Labute approximate surface area is 305 Å². The van der Waals surface area contributed by atoms with Gasteiger partial charge in [-0.2, -0.15) is 0 Å². The first kappa shape index (κ1) is 34.8. The molecule has 272 valence electrons. The number of hydrogen-bond acceptors (Lipinski definition) is 4. The van der Waals surface area contributed by atoms with Crippen LogP contribution in [0.3, 0.4) is 0 Å². The summed E-state index contributed by atoms with van der Waals surface area (Å²) in [5.41, 5.74) is 5.98. The number of rotatable bonds is 10. The van der Waals surface area contributed by atoms with Gasteiger partial charge in [0.1, 0.15) is 0 Å². The largest absolute Gasteiger partial charge is 0.361 e. The molecule has 0 spiro atoms. The summed E-state index contributed by atoms with van der Waals surface area (Å²) in [6.45, 7) is 9.72. The number of fused-ring (bicyclic) bond motifs is 2. The molecular formula is C46H68N4. The van der Waals surface area contributed by atoms with E-state index >= 15 is 0 Å². The minimum atomic E-state index is 0.606. The van der Waals surface area contributed by atoms with Gasteiger partial charge in [-0.3, -0.25) is 0 Å². The first-order valence-electron chi connectivity index (χ1n) is 21.6. The summed E-state index contributed by atoms with van der Waals surface area (Å²) in [5, 5.41) is 8.75. The van der Waals surface area contributed by atoms with Crippen LogP contribution in [-0.2, 0) is 0 Å². The smallest absolute Gasteiger partial charge is 0.0689 e. The Bertz CT molecular complexity index is 1310. The highest BCUT2D eigenvalue weighted by atomic mass is 15.4. The van der Waals surface area contributed by atoms with Crippen molar-refractivity contribution in [3.8, 4) is 0 Å². The molecule has 0 radical (unpaired) electrons. The molecule has 7 heterocycles. The summed E-state index contributed by atoms with van der Waals surface area (Å²) >= 11 is 0. The van der Waals surface area contributed by atoms with Crippen molar-refractivity contribution in [3.63, 3.8) is 0 Å². The summed E-state index contributed by atoms with van der Waals surface area (Å²) in [6.07, 6.45) is 21.5. The first-order chi connectivity index (χ1) is 24.6. The molecule has 7 aliphatic rings. The third-order valence-corrected chi connectivity index (χ3v) is 14.7. The molecule has 7 aliphatic heterocycles. The van der Waals surface area contributed by atoms with Crippen molar-refractivity contribution < 1.29 is 0 Å². The van der Waals surface area contributed by atoms with Crippen LogP contribution in [-0.4, -0.2) is 58.1 Å². The van der Waals surface area contributed by atoms with Crippen LogP contribution in [0.1, 0.15) is 142 Å². The fourth-order valence-corrected chi connectivity index (χ4v) is 12.8. The van der Waals surface area contributed by atoms with Crippen molar-refractivity contribution in [1.82, 2.24) is 20.4 Å². The van der Waals surface area contributed by atoms with Crippen LogP contribution < -0.4 is 10.6 Å². The van der Waals surface area contributed by atoms with E-state index in [1.54, 1.807) is 11.4 Å². The summed E-state index contributed by atoms with van der Waals surface area (Å²) in [4.78, 5) is 6.19. The molecule has 5 fully saturated rings. The summed E-state index contributed by atoms with van der Waals surface area (Å²) in [5.74, 6) is 3.18. The molecule has 9 rings (SSSR count). The monoisotopic (exact) mass is 677 g/mol. The molecule has 0 amide bonds. The van der Waals surface area contributed by atoms with Crippen LogP contribution in [0, 0.1) is 23.7 Å². The summed E-state index contributed by atoms with van der Waals surface area (Å²) in [7, 11) is 0. The molecule has 4 nitrogen and oxygen atoms in total. The van der Waals surface area contributed by atoms with E-state index < -0.39 is 0 Å². The SMILES string of the molecule is CCCC1CC2NC1CCC1C(CCC)CC3C4CC(CCC)C(CCC5NC2CC5CCC)N4C(c2ccccc2)=C(c2ccccc2)N13. The van der Waals surface area contributed by atoms with Crippen LogP contribution in [0.5, 0.6) is 0 Å². The zero-order valence-corrected chi connectivity index (χ0v) is 31.9. The van der Waals surface area contributed by atoms with Crippen molar-refractivity contribution in [2.45, 2.75) is 179 Å². The predicted octanol–water partition coefficient (Wildman–Crippen LogP) is 10.1. The predicted molar refractivity (Wildman–Crippen MR) is 210 cm³/mol. The Morgan fingerprint density at radius 2 is 0.820 bits per heavy atom. The van der Waals surface area contributed by atoms with Gasteiger partial charge < -0.3 is 20.4 Å². The van der Waals surface area contributed by atoms with Gasteiger partial charge >= 0.3 is 0 Å². The van der Waals surface area contributed by atoms with Gasteiger partial charge in [-0.15, -0.1) is 0 Å². The molecule has 2 N–H and O–H groups in total. The minimum absolute atomic E-state index is 0.606. The molecule has 50 heavy (non-hydrogen) atoms. The highest BCUT2D eigenvalue weighted by molar-refractivity contribution is 5.91. The zero-order valence-electron chi connectivity index (χ0n) is 31.9. The maximum Gasteiger partial charge on any atom is 0.0689 e. The Kier molecular flexibility index (Phi) is 10.7. The standard InChI is InChI=1S/C46H68N4/c1-5-15-33-27-39-40-28-34(16-6-2)38(48-40)24-26-42-36(18-8-4)30-44-43-29-35(17-7-3)41(25-23-37(33)47-39)49(43)45(31-19-11-9-12-20-31)46(50(42)44)32-21-13-10-14-22-32/h9-14,19-22,33-44,47-48H,5-8,15-18,23-30H2,1-4H3. The van der Waals surface area contributed by atoms with Crippen LogP contribution in [0.25, 0.3) is 11.4 Å². The first-order valence-corrected chi connectivity index (χ1v) is 21.6. The number of nitrogens with zero attached hydrogens (tertiary/aromatic N) is 2. The zero-order chi connectivity index (χ0) is 34.2. The minimum Gasteiger partial charge on any atom is -0.361 e. The number of nitrogens with one attached hydrogen (secondary N) is 2. The van der Waals surface area contributed by atoms with E-state index in [0.29, 0.717) is 48.3 Å². The van der Waals surface area contributed by atoms with E-state index in [9.17, 15) is 0 Å². The van der Waals surface area contributed by atoms with Crippen LogP contribution >= 0.6 is 0 Å². The molecule has 2 aromatic carbocycles. The quantitative estimate of drug-likeness (QED) is 0.262. The molecule has 0 aliphatic carbocycles. The molecule has 2 aromatic rings. The van der Waals surface area contributed by atoms with Crippen molar-refractivity contribution in [1.29, 1.82) is 0 Å². The molecular weight excluding hydrogens is 609 g/mol. The average Bonchev–Trinajstić information content (AvgIpc) is 3.91. The van der Waals surface area contributed by atoms with E-state index in [4.69, 9.17) is 0 Å². The second-order valence-electron chi connectivity index (χ2n) is 17.6. The van der Waals surface area contributed by atoms with Crippen LogP contribution in [0.4, 0.5) is 0 Å². The summed E-state index contributed by atoms with van der Waals surface area (Å²) < 4.78 is 0. The van der Waals surface area contributed by atoms with Crippen LogP contribution in [0.2, 0.25) is 0 Å². The molecule has 0 aromatic heterocycles. The van der Waals surface area contributed by atoms with E-state index in [-0.39, 0.29) is 0 Å². The van der Waals surface area contributed by atoms with Crippen molar-refractivity contribution in [2.24, 2.45) is 23.7 Å². The lowest BCUT2D eigenvalue weighted by atomic mass is 9.84. The lowest BCUT2D eigenvalue weighted by Gasteiger charge is -2.50. The van der Waals surface area contributed by atoms with Crippen molar-refractivity contribution in [2.75, 3.05) is 0 Å². The Balaban J connectivity index is 1.30. The van der Waals surface area contributed by atoms with Gasteiger partial charge in [0.2, 0.25) is 0 Å². The third-order valence-electron chi connectivity index (χ3n) is 14.7. The van der Waals surface area contributed by atoms with E-state index in [1.807, 2.05) is 0 Å². The highest BCUT2D eigenvalue weighted by Crippen LogP contribution is 2.56. The Morgan fingerprint density at radius 3 is 1.20 bits per heavy atom. The molecule has 12 unspecified atom stereocenters. The van der Waals surface area contributed by atoms with Gasteiger partial charge in [0.25, 0.3) is 0 Å². The van der Waals surface area contributed by atoms with Gasteiger partial charge in [0.05, 0.1) is 23.5 Å². The van der Waals surface area contributed by atoms with Gasteiger partial charge in [-0.25, -0.2) is 0 Å². The maximum atomic E-state index is 4.38. The molecule has 4 heteroatoms. The van der Waals surface area contributed by atoms with Crippen LogP contribution in [0.15, 0.2) is 60.7 Å². The third kappa shape index (κ3) is 6.37. The molecule has 10 bridgehead atoms. The summed E-state index contributed by atoms with van der Waals surface area (Å²) in [6, 6.07) is 28.4. The molecule has 5 saturated heterocycles. The molecule has 0 saturated carbocycles. The Morgan fingerprint density at radius 1 is 0.440 bits per heavy atom. The van der Waals surface area contributed by atoms with Gasteiger partial charge in [0.15, 0.2) is 0 Å². The van der Waals surface area contributed by atoms with Crippen molar-refractivity contribution >= 4 is 11.4 Å². The van der Waals surface area contributed by atoms with E-state index in [0.717, 1.165) is 23.7 Å². The Hall–Kier alpha value is -2.30. The van der Waals surface area contributed by atoms with Crippen molar-refractivity contribution in [3.05, 3.63) is 71.8 Å². The van der Waals surface area contributed by atoms with E-state index in [2.05, 4.69) is 109 Å². The highest BCUT2D eigenvalue weighted by Gasteiger charge is 2.56. The van der Waals surface area contributed by atoms with E-state index in [1.165, 1.54) is 114 Å². The lowest BCUT2D eigenvalue weighted by Crippen LogP contribution is -2.54. The normalized spacial score (nSPS) is 38.1. The lowest BCUT2D eigenvalue weighted by molar-refractivity contribution is 0.141. The van der Waals surface area contributed by atoms with Gasteiger partial charge in [-0.1, -0.05) is 114 Å². The molecule has 12 atom stereocenters. The van der Waals surface area contributed by atoms with Gasteiger partial charge in [-0.05, 0) is 112 Å².